The van der Waals surface area contributed by atoms with Gasteiger partial charge in [-0.1, -0.05) is 27.0 Å². The zero-order valence-corrected chi connectivity index (χ0v) is 17.8. The molecule has 1 atom stereocenters. The molecule has 3 aliphatic heterocycles. The number of piperazine rings is 1. The van der Waals surface area contributed by atoms with E-state index >= 15 is 0 Å². The van der Waals surface area contributed by atoms with E-state index in [9.17, 15) is 0 Å². The fourth-order valence-electron chi connectivity index (χ4n) is 5.12. The summed E-state index contributed by atoms with van der Waals surface area (Å²) in [4.78, 5) is 12.4. The molecule has 4 nitrogen and oxygen atoms in total. The largest absolute Gasteiger partial charge is 0.363 e. The fourth-order valence-corrected chi connectivity index (χ4v) is 5.12. The van der Waals surface area contributed by atoms with Crippen molar-refractivity contribution >= 4 is 28.4 Å². The van der Waals surface area contributed by atoms with Gasteiger partial charge in [-0.3, -0.25) is 9.89 Å². The van der Waals surface area contributed by atoms with Crippen molar-refractivity contribution in [3.63, 3.8) is 0 Å². The van der Waals surface area contributed by atoms with Crippen LogP contribution >= 0.6 is 0 Å². The van der Waals surface area contributed by atoms with E-state index in [1.807, 2.05) is 0 Å². The topological polar surface area (TPSA) is 22.1 Å². The van der Waals surface area contributed by atoms with Gasteiger partial charge < -0.3 is 9.80 Å². The van der Waals surface area contributed by atoms with Crippen molar-refractivity contribution in [2.45, 2.75) is 46.7 Å². The van der Waals surface area contributed by atoms with Crippen LogP contribution in [0.5, 0.6) is 0 Å². The highest BCUT2D eigenvalue weighted by atomic mass is 15.3. The molecule has 0 N–H and O–H groups in total. The van der Waals surface area contributed by atoms with Gasteiger partial charge >= 0.3 is 0 Å². The number of benzene rings is 2. The molecule has 0 bridgehead atoms. The van der Waals surface area contributed by atoms with Gasteiger partial charge in [0.2, 0.25) is 0 Å². The van der Waals surface area contributed by atoms with Crippen LogP contribution in [0.3, 0.4) is 0 Å². The summed E-state index contributed by atoms with van der Waals surface area (Å²) in [6, 6.07) is 9.74. The molecule has 3 heterocycles. The summed E-state index contributed by atoms with van der Waals surface area (Å²) in [5.41, 5.74) is 6.23. The summed E-state index contributed by atoms with van der Waals surface area (Å²) in [6.45, 7) is 16.9. The molecule has 0 radical (unpaired) electrons. The third-order valence-corrected chi connectivity index (χ3v) is 7.06. The highest BCUT2D eigenvalue weighted by Gasteiger charge is 2.28. The first-order chi connectivity index (χ1) is 14.1. The molecule has 0 aliphatic carbocycles. The first-order valence-electron chi connectivity index (χ1n) is 11.1. The molecule has 1 unspecified atom stereocenters. The van der Waals surface area contributed by atoms with Crippen LogP contribution in [-0.2, 0) is 6.54 Å². The smallest absolute Gasteiger partial charge is 0.0725 e. The van der Waals surface area contributed by atoms with Gasteiger partial charge in [0.05, 0.1) is 11.7 Å². The average Bonchev–Trinajstić information content (AvgIpc) is 3.16. The van der Waals surface area contributed by atoms with Gasteiger partial charge in [-0.05, 0) is 66.4 Å². The second-order valence-electron chi connectivity index (χ2n) is 8.83. The molecule has 5 rings (SSSR count). The molecule has 2 saturated heterocycles. The summed E-state index contributed by atoms with van der Waals surface area (Å²) in [5.74, 6) is 0. The van der Waals surface area contributed by atoms with E-state index < -0.39 is 0 Å². The SMILES string of the molecule is C.C=C1c2cc3cc(C)c(CN4CCN(CC)CC4)cc3cc2N=CC2CCCN12. The standard InChI is InChI=1S/C25H32N4.CH4/c1-4-27-8-10-28(11-9-27)17-22-13-21-15-25-24(14-20(21)12-18(22)2)19(3)29-7-5-6-23(29)16-26-25;/h12-16,23H,3-11,17H2,1-2H3;1H4. The van der Waals surface area contributed by atoms with Crippen molar-refractivity contribution in [1.82, 2.24) is 14.7 Å². The molecule has 4 heteroatoms. The number of nitrogens with zero attached hydrogens (tertiary/aromatic N) is 4. The van der Waals surface area contributed by atoms with Gasteiger partial charge in [0.15, 0.2) is 0 Å². The van der Waals surface area contributed by atoms with Crippen LogP contribution in [0.4, 0.5) is 5.69 Å². The number of hydrogen-bond donors (Lipinski definition) is 0. The van der Waals surface area contributed by atoms with Gasteiger partial charge in [-0.25, -0.2) is 0 Å². The third-order valence-electron chi connectivity index (χ3n) is 7.06. The average molecular weight is 405 g/mol. The van der Waals surface area contributed by atoms with Crippen LogP contribution < -0.4 is 0 Å². The summed E-state index contributed by atoms with van der Waals surface area (Å²) in [7, 11) is 0. The second-order valence-corrected chi connectivity index (χ2v) is 8.83. The van der Waals surface area contributed by atoms with Crippen molar-refractivity contribution in [1.29, 1.82) is 0 Å². The highest BCUT2D eigenvalue weighted by Crippen LogP contribution is 2.38. The minimum absolute atomic E-state index is 0. The zero-order valence-electron chi connectivity index (χ0n) is 17.8. The summed E-state index contributed by atoms with van der Waals surface area (Å²) in [6.07, 6.45) is 4.55. The minimum atomic E-state index is 0. The summed E-state index contributed by atoms with van der Waals surface area (Å²) < 4.78 is 0. The molecular weight excluding hydrogens is 368 g/mol. The lowest BCUT2D eigenvalue weighted by atomic mass is 9.97. The fraction of sp³-hybridized carbons (Fsp3) is 0.500. The first kappa shape index (κ1) is 21.1. The molecule has 0 aromatic heterocycles. The molecule has 2 aromatic rings. The van der Waals surface area contributed by atoms with Gasteiger partial charge in [0, 0.05) is 56.7 Å². The van der Waals surface area contributed by atoms with Crippen LogP contribution in [0.25, 0.3) is 16.5 Å². The Bertz CT molecular complexity index is 969. The van der Waals surface area contributed by atoms with Crippen molar-refractivity contribution in [2.24, 2.45) is 4.99 Å². The Kier molecular flexibility index (Phi) is 5.99. The molecule has 160 valence electrons. The molecule has 0 amide bonds. The number of hydrogen-bond acceptors (Lipinski definition) is 4. The van der Waals surface area contributed by atoms with E-state index in [0.717, 1.165) is 44.1 Å². The normalized spacial score (nSPS) is 22.0. The van der Waals surface area contributed by atoms with Crippen LogP contribution in [0.1, 0.15) is 43.9 Å². The number of aryl methyl sites for hydroxylation is 1. The summed E-state index contributed by atoms with van der Waals surface area (Å²) >= 11 is 0. The Hall–Kier alpha value is -2.17. The van der Waals surface area contributed by atoms with E-state index in [2.05, 4.69) is 65.6 Å². The Morgan fingerprint density at radius 1 is 1.00 bits per heavy atom. The summed E-state index contributed by atoms with van der Waals surface area (Å²) in [5, 5.41) is 2.60. The van der Waals surface area contributed by atoms with Crippen molar-refractivity contribution in [3.05, 3.63) is 47.5 Å². The van der Waals surface area contributed by atoms with Gasteiger partial charge in [0.1, 0.15) is 0 Å². The van der Waals surface area contributed by atoms with Crippen molar-refractivity contribution in [2.75, 3.05) is 39.3 Å². The highest BCUT2D eigenvalue weighted by molar-refractivity contribution is 5.94. The van der Waals surface area contributed by atoms with Crippen molar-refractivity contribution in [3.8, 4) is 0 Å². The van der Waals surface area contributed by atoms with Crippen LogP contribution in [0, 0.1) is 6.92 Å². The predicted molar refractivity (Wildman–Crippen MR) is 130 cm³/mol. The molecule has 3 aliphatic rings. The zero-order chi connectivity index (χ0) is 20.0. The number of fused-ring (bicyclic) bond motifs is 3. The Morgan fingerprint density at radius 2 is 1.73 bits per heavy atom. The first-order valence-corrected chi connectivity index (χ1v) is 11.1. The number of likely N-dealkylation sites (N-methyl/N-ethyl adjacent to an activating group) is 1. The Morgan fingerprint density at radius 3 is 2.50 bits per heavy atom. The number of rotatable bonds is 3. The van der Waals surface area contributed by atoms with Crippen LogP contribution in [0.15, 0.2) is 35.8 Å². The monoisotopic (exact) mass is 404 g/mol. The maximum atomic E-state index is 4.87. The third kappa shape index (κ3) is 3.79. The maximum Gasteiger partial charge on any atom is 0.0725 e. The molecule has 0 saturated carbocycles. The van der Waals surface area contributed by atoms with Crippen LogP contribution in [-0.4, -0.2) is 66.2 Å². The lowest BCUT2D eigenvalue weighted by molar-refractivity contribution is 0.132. The number of aliphatic imine (C=N–C) groups is 1. The molecule has 2 aromatic carbocycles. The molecule has 0 spiro atoms. The quantitative estimate of drug-likeness (QED) is 0.713. The Balaban J connectivity index is 0.00000218. The van der Waals surface area contributed by atoms with E-state index in [1.165, 1.54) is 53.4 Å². The molecule has 2 fully saturated rings. The van der Waals surface area contributed by atoms with Gasteiger partial charge in [-0.15, -0.1) is 0 Å². The van der Waals surface area contributed by atoms with Crippen LogP contribution in [0.2, 0.25) is 0 Å². The lowest BCUT2D eigenvalue weighted by Crippen LogP contribution is -2.45. The van der Waals surface area contributed by atoms with E-state index in [0.29, 0.717) is 6.04 Å². The lowest BCUT2D eigenvalue weighted by Gasteiger charge is -2.34. The van der Waals surface area contributed by atoms with E-state index in [-0.39, 0.29) is 7.43 Å². The maximum absolute atomic E-state index is 4.87. The van der Waals surface area contributed by atoms with Gasteiger partial charge in [0.25, 0.3) is 0 Å². The van der Waals surface area contributed by atoms with Gasteiger partial charge in [-0.2, -0.15) is 0 Å². The second kappa shape index (κ2) is 8.52. The molecule has 30 heavy (non-hydrogen) atoms. The molecular formula is C26H36N4. The minimum Gasteiger partial charge on any atom is -0.363 e. The Labute approximate surface area is 181 Å². The van der Waals surface area contributed by atoms with Crippen molar-refractivity contribution < 1.29 is 0 Å². The predicted octanol–water partition coefficient (Wildman–Crippen LogP) is 5.07. The van der Waals surface area contributed by atoms with E-state index in [1.54, 1.807) is 0 Å². The van der Waals surface area contributed by atoms with E-state index in [4.69, 9.17) is 4.99 Å².